The van der Waals surface area contributed by atoms with Crippen LogP contribution in [0.25, 0.3) is 0 Å². The smallest absolute Gasteiger partial charge is 0.330 e. The average Bonchev–Trinajstić information content (AvgIpc) is 2.85. The topological polar surface area (TPSA) is 84.2 Å². The van der Waals surface area contributed by atoms with E-state index >= 15 is 0 Å². The van der Waals surface area contributed by atoms with Crippen molar-refractivity contribution in [2.24, 2.45) is 7.05 Å². The van der Waals surface area contributed by atoms with Crippen LogP contribution in [0, 0.1) is 13.8 Å². The van der Waals surface area contributed by atoms with Crippen molar-refractivity contribution < 1.29 is 14.7 Å². The van der Waals surface area contributed by atoms with Crippen LogP contribution in [0.15, 0.2) is 30.6 Å². The normalized spacial score (nSPS) is 12.0. The fraction of sp³-hybridized carbons (Fsp3) is 0.267. The standard InChI is InChI=1S/C15H17N3O3/c1-9-4-5-11(6-10(9)2)13(15(20)21)17-14(19)12-7-16-18(3)8-12/h4-8,13H,1-3H3,(H,17,19)(H,20,21). The van der Waals surface area contributed by atoms with Gasteiger partial charge in [0.15, 0.2) is 6.04 Å². The fourth-order valence-electron chi connectivity index (χ4n) is 1.98. The lowest BCUT2D eigenvalue weighted by atomic mass is 10.0. The predicted molar refractivity (Wildman–Crippen MR) is 77.0 cm³/mol. The van der Waals surface area contributed by atoms with E-state index in [2.05, 4.69) is 10.4 Å². The Morgan fingerprint density at radius 2 is 2.00 bits per heavy atom. The molecule has 1 aromatic carbocycles. The van der Waals surface area contributed by atoms with Crippen LogP contribution in [-0.4, -0.2) is 26.8 Å². The first kappa shape index (κ1) is 14.8. The SMILES string of the molecule is Cc1ccc(C(NC(=O)c2cnn(C)c2)C(=O)O)cc1C. The molecule has 0 aliphatic heterocycles. The quantitative estimate of drug-likeness (QED) is 0.894. The Hall–Kier alpha value is -2.63. The number of amides is 1. The van der Waals surface area contributed by atoms with Gasteiger partial charge in [-0.1, -0.05) is 18.2 Å². The van der Waals surface area contributed by atoms with Gasteiger partial charge in [-0.15, -0.1) is 0 Å². The van der Waals surface area contributed by atoms with Crippen molar-refractivity contribution in [3.63, 3.8) is 0 Å². The summed E-state index contributed by atoms with van der Waals surface area (Å²) in [5, 5.41) is 15.8. The van der Waals surface area contributed by atoms with Gasteiger partial charge in [-0.2, -0.15) is 5.10 Å². The van der Waals surface area contributed by atoms with E-state index in [0.29, 0.717) is 11.1 Å². The highest BCUT2D eigenvalue weighted by atomic mass is 16.4. The van der Waals surface area contributed by atoms with Crippen molar-refractivity contribution in [3.8, 4) is 0 Å². The second kappa shape index (κ2) is 5.78. The molecule has 2 rings (SSSR count). The zero-order valence-electron chi connectivity index (χ0n) is 12.1. The molecule has 6 nitrogen and oxygen atoms in total. The van der Waals surface area contributed by atoms with Crippen LogP contribution < -0.4 is 5.32 Å². The molecule has 1 unspecified atom stereocenters. The van der Waals surface area contributed by atoms with Gasteiger partial charge in [-0.05, 0) is 30.5 Å². The highest BCUT2D eigenvalue weighted by Crippen LogP contribution is 2.18. The monoisotopic (exact) mass is 287 g/mol. The molecule has 0 saturated carbocycles. The van der Waals surface area contributed by atoms with Gasteiger partial charge in [-0.25, -0.2) is 4.79 Å². The van der Waals surface area contributed by atoms with Gasteiger partial charge in [-0.3, -0.25) is 9.48 Å². The van der Waals surface area contributed by atoms with Crippen molar-refractivity contribution in [2.75, 3.05) is 0 Å². The summed E-state index contributed by atoms with van der Waals surface area (Å²) in [7, 11) is 1.69. The minimum Gasteiger partial charge on any atom is -0.479 e. The highest BCUT2D eigenvalue weighted by Gasteiger charge is 2.23. The molecule has 2 N–H and O–H groups in total. The summed E-state index contributed by atoms with van der Waals surface area (Å²) >= 11 is 0. The Kier molecular flexibility index (Phi) is 4.07. The summed E-state index contributed by atoms with van der Waals surface area (Å²) in [6.45, 7) is 3.85. The molecule has 0 aliphatic carbocycles. The zero-order valence-corrected chi connectivity index (χ0v) is 12.1. The first-order valence-electron chi connectivity index (χ1n) is 6.48. The summed E-state index contributed by atoms with van der Waals surface area (Å²) < 4.78 is 1.49. The van der Waals surface area contributed by atoms with Gasteiger partial charge in [0.1, 0.15) is 0 Å². The molecule has 110 valence electrons. The van der Waals surface area contributed by atoms with E-state index in [0.717, 1.165) is 11.1 Å². The van der Waals surface area contributed by atoms with Crippen LogP contribution in [0.5, 0.6) is 0 Å². The summed E-state index contributed by atoms with van der Waals surface area (Å²) in [5.41, 5.74) is 2.92. The van der Waals surface area contributed by atoms with Gasteiger partial charge in [0.25, 0.3) is 5.91 Å². The summed E-state index contributed by atoms with van der Waals surface area (Å²) in [6, 6.07) is 4.25. The Bertz CT molecular complexity index is 691. The van der Waals surface area contributed by atoms with Gasteiger partial charge in [0, 0.05) is 13.2 Å². The van der Waals surface area contributed by atoms with Gasteiger partial charge in [0.2, 0.25) is 0 Å². The number of aryl methyl sites for hydroxylation is 3. The maximum Gasteiger partial charge on any atom is 0.330 e. The molecule has 1 heterocycles. The van der Waals surface area contributed by atoms with E-state index in [-0.39, 0.29) is 0 Å². The number of nitrogens with zero attached hydrogens (tertiary/aromatic N) is 2. The molecule has 21 heavy (non-hydrogen) atoms. The van der Waals surface area contributed by atoms with E-state index in [9.17, 15) is 14.7 Å². The molecule has 0 radical (unpaired) electrons. The van der Waals surface area contributed by atoms with Crippen LogP contribution in [0.3, 0.4) is 0 Å². The number of nitrogens with one attached hydrogen (secondary N) is 1. The molecule has 0 aliphatic rings. The van der Waals surface area contributed by atoms with Gasteiger partial charge < -0.3 is 10.4 Å². The van der Waals surface area contributed by atoms with Crippen molar-refractivity contribution in [1.29, 1.82) is 0 Å². The van der Waals surface area contributed by atoms with E-state index in [1.807, 2.05) is 19.9 Å². The molecule has 1 amide bonds. The Morgan fingerprint density at radius 1 is 1.29 bits per heavy atom. The number of carbonyl (C=O) groups is 2. The Labute approximate surface area is 122 Å². The van der Waals surface area contributed by atoms with Crippen LogP contribution >= 0.6 is 0 Å². The Morgan fingerprint density at radius 3 is 2.52 bits per heavy atom. The largest absolute Gasteiger partial charge is 0.479 e. The minimum absolute atomic E-state index is 0.326. The molecule has 6 heteroatoms. The second-order valence-electron chi connectivity index (χ2n) is 4.99. The van der Waals surface area contributed by atoms with Crippen molar-refractivity contribution in [3.05, 3.63) is 52.8 Å². The number of hydrogen-bond donors (Lipinski definition) is 2. The van der Waals surface area contributed by atoms with Crippen LogP contribution in [0.4, 0.5) is 0 Å². The number of aliphatic carboxylic acids is 1. The molecule has 1 atom stereocenters. The predicted octanol–water partition coefficient (Wildman–Crippen LogP) is 1.59. The lowest BCUT2D eigenvalue weighted by Crippen LogP contribution is -2.33. The van der Waals surface area contributed by atoms with Crippen LogP contribution in [0.2, 0.25) is 0 Å². The minimum atomic E-state index is -1.10. The van der Waals surface area contributed by atoms with E-state index in [4.69, 9.17) is 0 Å². The highest BCUT2D eigenvalue weighted by molar-refractivity contribution is 5.96. The number of aromatic nitrogens is 2. The van der Waals surface area contributed by atoms with Gasteiger partial charge >= 0.3 is 5.97 Å². The summed E-state index contributed by atoms with van der Waals surface area (Å²) in [5.74, 6) is -1.57. The molecule has 0 fully saturated rings. The molecule has 2 aromatic rings. The maximum absolute atomic E-state index is 12.1. The molecule has 0 spiro atoms. The maximum atomic E-state index is 12.1. The molecular weight excluding hydrogens is 270 g/mol. The average molecular weight is 287 g/mol. The van der Waals surface area contributed by atoms with E-state index in [1.54, 1.807) is 19.2 Å². The molecule has 1 aromatic heterocycles. The third-order valence-corrected chi connectivity index (χ3v) is 3.35. The molecule has 0 bridgehead atoms. The Balaban J connectivity index is 2.25. The number of carbonyl (C=O) groups excluding carboxylic acids is 1. The first-order valence-corrected chi connectivity index (χ1v) is 6.48. The number of carboxylic acid groups (broad SMARTS) is 1. The van der Waals surface area contributed by atoms with E-state index < -0.39 is 17.9 Å². The molecular formula is C15H17N3O3. The summed E-state index contributed by atoms with van der Waals surface area (Å²) in [6.07, 6.45) is 2.93. The molecule has 0 saturated heterocycles. The number of carboxylic acids is 1. The number of benzene rings is 1. The summed E-state index contributed by atoms with van der Waals surface area (Å²) in [4.78, 5) is 23.5. The second-order valence-corrected chi connectivity index (χ2v) is 4.99. The van der Waals surface area contributed by atoms with Crippen LogP contribution in [-0.2, 0) is 11.8 Å². The zero-order chi connectivity index (χ0) is 15.6. The van der Waals surface area contributed by atoms with Gasteiger partial charge in [0.05, 0.1) is 11.8 Å². The van der Waals surface area contributed by atoms with E-state index in [1.165, 1.54) is 17.1 Å². The van der Waals surface area contributed by atoms with Crippen molar-refractivity contribution in [2.45, 2.75) is 19.9 Å². The lowest BCUT2D eigenvalue weighted by Gasteiger charge is -2.15. The third kappa shape index (κ3) is 3.28. The number of rotatable bonds is 4. The first-order chi connectivity index (χ1) is 9.88. The third-order valence-electron chi connectivity index (χ3n) is 3.35. The van der Waals surface area contributed by atoms with Crippen molar-refractivity contribution >= 4 is 11.9 Å². The lowest BCUT2D eigenvalue weighted by molar-refractivity contribution is -0.139. The fourth-order valence-corrected chi connectivity index (χ4v) is 1.98. The number of hydrogen-bond acceptors (Lipinski definition) is 3. The van der Waals surface area contributed by atoms with Crippen molar-refractivity contribution in [1.82, 2.24) is 15.1 Å². The van der Waals surface area contributed by atoms with Crippen LogP contribution in [0.1, 0.15) is 33.1 Å².